The highest BCUT2D eigenvalue weighted by molar-refractivity contribution is 5.66. The maximum absolute atomic E-state index is 12.6. The van der Waals surface area contributed by atoms with Crippen LogP contribution in [0.25, 0.3) is 11.1 Å². The molecule has 0 bridgehead atoms. The van der Waals surface area contributed by atoms with E-state index in [9.17, 15) is 13.2 Å². The average Bonchev–Trinajstić information content (AvgIpc) is 2.99. The van der Waals surface area contributed by atoms with Gasteiger partial charge in [0.1, 0.15) is 0 Å². The van der Waals surface area contributed by atoms with Gasteiger partial charge < -0.3 is 9.47 Å². The predicted molar refractivity (Wildman–Crippen MR) is 92.2 cm³/mol. The van der Waals surface area contributed by atoms with E-state index >= 15 is 0 Å². The Balaban J connectivity index is 1.73. The van der Waals surface area contributed by atoms with Crippen LogP contribution in [-0.2, 0) is 19.8 Å². The lowest BCUT2D eigenvalue weighted by Crippen LogP contribution is -2.16. The minimum atomic E-state index is -4.31. The number of anilines is 1. The molecule has 0 saturated heterocycles. The lowest BCUT2D eigenvalue weighted by molar-refractivity contribution is -0.137. The van der Waals surface area contributed by atoms with Crippen molar-refractivity contribution in [1.82, 2.24) is 9.55 Å². The van der Waals surface area contributed by atoms with Crippen LogP contribution in [0, 0.1) is 0 Å². The predicted octanol–water partition coefficient (Wildman–Crippen LogP) is 4.74. The first-order valence-corrected chi connectivity index (χ1v) is 7.78. The summed E-state index contributed by atoms with van der Waals surface area (Å²) in [4.78, 5) is 6.37. The van der Waals surface area contributed by atoms with E-state index in [2.05, 4.69) is 9.88 Å². The third-order valence-corrected chi connectivity index (χ3v) is 4.01. The highest BCUT2D eigenvalue weighted by Crippen LogP contribution is 2.31. The van der Waals surface area contributed by atoms with Crippen LogP contribution in [0.2, 0.25) is 0 Å². The van der Waals surface area contributed by atoms with Crippen LogP contribution in [0.4, 0.5) is 18.9 Å². The number of halogens is 3. The van der Waals surface area contributed by atoms with Gasteiger partial charge in [-0.05, 0) is 35.4 Å². The van der Waals surface area contributed by atoms with Crippen molar-refractivity contribution in [2.24, 2.45) is 7.05 Å². The summed E-state index contributed by atoms with van der Waals surface area (Å²) < 4.78 is 39.8. The molecule has 25 heavy (non-hydrogen) atoms. The molecule has 0 atom stereocenters. The number of aromatic nitrogens is 2. The molecular formula is C19H18F3N3. The molecule has 0 N–H and O–H groups in total. The molecule has 3 aromatic rings. The molecule has 0 aliphatic rings. The number of imidazole rings is 1. The Hall–Kier alpha value is -2.76. The number of rotatable bonds is 4. The van der Waals surface area contributed by atoms with E-state index in [-0.39, 0.29) is 0 Å². The van der Waals surface area contributed by atoms with E-state index in [1.165, 1.54) is 12.1 Å². The Labute approximate surface area is 144 Å². The molecule has 0 fully saturated rings. The van der Waals surface area contributed by atoms with Crippen molar-refractivity contribution in [3.8, 4) is 11.1 Å². The summed E-state index contributed by atoms with van der Waals surface area (Å²) in [5, 5.41) is 0. The summed E-state index contributed by atoms with van der Waals surface area (Å²) in [6, 6.07) is 12.9. The second-order valence-corrected chi connectivity index (χ2v) is 6.01. The van der Waals surface area contributed by atoms with Gasteiger partial charge in [0, 0.05) is 26.0 Å². The van der Waals surface area contributed by atoms with Gasteiger partial charge in [-0.2, -0.15) is 13.2 Å². The van der Waals surface area contributed by atoms with E-state index < -0.39 is 11.7 Å². The lowest BCUT2D eigenvalue weighted by Gasteiger charge is -2.18. The molecular weight excluding hydrogens is 327 g/mol. The summed E-state index contributed by atoms with van der Waals surface area (Å²) in [5.41, 5.74) is 2.98. The fourth-order valence-electron chi connectivity index (χ4n) is 2.64. The zero-order valence-corrected chi connectivity index (χ0v) is 14.0. The van der Waals surface area contributed by atoms with E-state index in [4.69, 9.17) is 0 Å². The normalized spacial score (nSPS) is 11.6. The first-order valence-electron chi connectivity index (χ1n) is 7.78. The number of alkyl halides is 3. The third kappa shape index (κ3) is 4.02. The van der Waals surface area contributed by atoms with Gasteiger partial charge in [-0.15, -0.1) is 0 Å². The molecule has 3 rings (SSSR count). The first-order chi connectivity index (χ1) is 11.8. The molecule has 0 aliphatic heterocycles. The molecule has 0 aliphatic carbocycles. The quantitative estimate of drug-likeness (QED) is 0.681. The third-order valence-electron chi connectivity index (χ3n) is 4.01. The molecule has 0 amide bonds. The van der Waals surface area contributed by atoms with E-state index in [1.54, 1.807) is 6.33 Å². The van der Waals surface area contributed by atoms with Gasteiger partial charge in [-0.3, -0.25) is 0 Å². The summed E-state index contributed by atoms with van der Waals surface area (Å²) in [5.74, 6) is 0. The fourth-order valence-corrected chi connectivity index (χ4v) is 2.64. The number of aryl methyl sites for hydroxylation is 1. The average molecular weight is 345 g/mol. The molecule has 2 aromatic carbocycles. The molecule has 6 heteroatoms. The Morgan fingerprint density at radius 3 is 2.00 bits per heavy atom. The van der Waals surface area contributed by atoms with Crippen molar-refractivity contribution < 1.29 is 13.2 Å². The molecule has 130 valence electrons. The number of hydrogen-bond acceptors (Lipinski definition) is 2. The van der Waals surface area contributed by atoms with Crippen molar-refractivity contribution >= 4 is 5.69 Å². The van der Waals surface area contributed by atoms with Crippen molar-refractivity contribution in [3.05, 3.63) is 72.3 Å². The standard InChI is InChI=1S/C19H18F3N3/c1-24-11-17(23-13-24)12-25(2)18-9-5-15(6-10-18)14-3-7-16(8-4-14)19(20,21)22/h3-11,13H,12H2,1-2H3. The van der Waals surface area contributed by atoms with E-state index in [1.807, 2.05) is 49.1 Å². The molecule has 0 spiro atoms. The van der Waals surface area contributed by atoms with Crippen molar-refractivity contribution in [2.45, 2.75) is 12.7 Å². The van der Waals surface area contributed by atoms with Crippen LogP contribution in [0.3, 0.4) is 0 Å². The zero-order chi connectivity index (χ0) is 18.0. The second kappa shape index (κ2) is 6.63. The minimum absolute atomic E-state index is 0.636. The Morgan fingerprint density at radius 2 is 1.52 bits per heavy atom. The number of benzene rings is 2. The van der Waals surface area contributed by atoms with Gasteiger partial charge in [0.2, 0.25) is 0 Å². The molecule has 1 heterocycles. The molecule has 3 nitrogen and oxygen atoms in total. The highest BCUT2D eigenvalue weighted by Gasteiger charge is 2.29. The molecule has 1 aromatic heterocycles. The maximum atomic E-state index is 12.6. The fraction of sp³-hybridized carbons (Fsp3) is 0.211. The molecule has 0 radical (unpaired) electrons. The van der Waals surface area contributed by atoms with Gasteiger partial charge in [0.25, 0.3) is 0 Å². The zero-order valence-electron chi connectivity index (χ0n) is 14.0. The van der Waals surface area contributed by atoms with Crippen LogP contribution in [0.15, 0.2) is 61.1 Å². The largest absolute Gasteiger partial charge is 0.416 e. The van der Waals surface area contributed by atoms with Gasteiger partial charge in [-0.1, -0.05) is 24.3 Å². The van der Waals surface area contributed by atoms with Crippen molar-refractivity contribution in [2.75, 3.05) is 11.9 Å². The highest BCUT2D eigenvalue weighted by atomic mass is 19.4. The summed E-state index contributed by atoms with van der Waals surface area (Å²) >= 11 is 0. The van der Waals surface area contributed by atoms with Crippen molar-refractivity contribution in [1.29, 1.82) is 0 Å². The SMILES string of the molecule is CN(Cc1cn(C)cn1)c1ccc(-c2ccc(C(F)(F)F)cc2)cc1. The lowest BCUT2D eigenvalue weighted by atomic mass is 10.0. The smallest absolute Gasteiger partial charge is 0.369 e. The summed E-state index contributed by atoms with van der Waals surface area (Å²) in [6.07, 6.45) is -0.583. The monoisotopic (exact) mass is 345 g/mol. The topological polar surface area (TPSA) is 21.1 Å². The van der Waals surface area contributed by atoms with Crippen LogP contribution in [-0.4, -0.2) is 16.6 Å². The first kappa shape index (κ1) is 17.1. The van der Waals surface area contributed by atoms with Gasteiger partial charge in [0.15, 0.2) is 0 Å². The molecule has 0 saturated carbocycles. The Bertz CT molecular complexity index is 834. The van der Waals surface area contributed by atoms with Gasteiger partial charge in [0.05, 0.1) is 24.1 Å². The molecule has 0 unspecified atom stereocenters. The van der Waals surface area contributed by atoms with Crippen LogP contribution in [0.5, 0.6) is 0 Å². The number of hydrogen-bond donors (Lipinski definition) is 0. The number of nitrogens with zero attached hydrogens (tertiary/aromatic N) is 3. The van der Waals surface area contributed by atoms with Crippen molar-refractivity contribution in [3.63, 3.8) is 0 Å². The van der Waals surface area contributed by atoms with Gasteiger partial charge >= 0.3 is 6.18 Å². The van der Waals surface area contributed by atoms with Gasteiger partial charge in [-0.25, -0.2) is 4.98 Å². The maximum Gasteiger partial charge on any atom is 0.416 e. The van der Waals surface area contributed by atoms with E-state index in [0.29, 0.717) is 6.54 Å². The van der Waals surface area contributed by atoms with Crippen LogP contribution < -0.4 is 4.90 Å². The van der Waals surface area contributed by atoms with E-state index in [0.717, 1.165) is 34.6 Å². The Morgan fingerprint density at radius 1 is 0.960 bits per heavy atom. The summed E-state index contributed by atoms with van der Waals surface area (Å²) in [6.45, 7) is 0.681. The summed E-state index contributed by atoms with van der Waals surface area (Å²) in [7, 11) is 3.90. The Kier molecular flexibility index (Phi) is 4.53. The second-order valence-electron chi connectivity index (χ2n) is 6.01. The van der Waals surface area contributed by atoms with Crippen LogP contribution >= 0.6 is 0 Å². The minimum Gasteiger partial charge on any atom is -0.369 e. The van der Waals surface area contributed by atoms with Crippen LogP contribution in [0.1, 0.15) is 11.3 Å².